The zero-order chi connectivity index (χ0) is 24.6. The number of alkyl halides is 3. The first-order valence-corrected chi connectivity index (χ1v) is 10.5. The summed E-state index contributed by atoms with van der Waals surface area (Å²) in [4.78, 5) is 40.1. The highest BCUT2D eigenvalue weighted by Crippen LogP contribution is 2.37. The smallest absolute Gasteiger partial charge is 0.416 e. The molecule has 2 aliphatic rings. The van der Waals surface area contributed by atoms with E-state index in [9.17, 15) is 32.9 Å². The van der Waals surface area contributed by atoms with E-state index in [1.54, 1.807) is 17.0 Å². The highest BCUT2D eigenvalue weighted by molar-refractivity contribution is 6.31. The number of piperazine rings is 1. The number of fused-ring (bicyclic) bond motifs is 1. The zero-order valence-corrected chi connectivity index (χ0v) is 18.3. The van der Waals surface area contributed by atoms with E-state index in [-0.39, 0.29) is 50.9 Å². The fourth-order valence-corrected chi connectivity index (χ4v) is 4.06. The maximum Gasteiger partial charge on any atom is 0.416 e. The third kappa shape index (κ3) is 4.72. The summed E-state index contributed by atoms with van der Waals surface area (Å²) in [6.45, 7) is 0.258. The molecule has 13 heteroatoms. The molecule has 2 aromatic rings. The first-order valence-electron chi connectivity index (χ1n) is 10.2. The normalized spacial score (nSPS) is 16.2. The molecular formula is C21H18ClF3N4O5. The number of benzene rings is 2. The second kappa shape index (κ2) is 9.01. The first-order chi connectivity index (χ1) is 16.0. The quantitative estimate of drug-likeness (QED) is 0.474. The third-order valence-electron chi connectivity index (χ3n) is 5.63. The van der Waals surface area contributed by atoms with Crippen LogP contribution in [0.5, 0.6) is 5.75 Å². The average Bonchev–Trinajstić information content (AvgIpc) is 2.80. The molecule has 2 aromatic carbocycles. The Labute approximate surface area is 196 Å². The van der Waals surface area contributed by atoms with Crippen molar-refractivity contribution in [1.82, 2.24) is 4.90 Å². The van der Waals surface area contributed by atoms with Crippen molar-refractivity contribution in [3.8, 4) is 5.75 Å². The number of amides is 2. The van der Waals surface area contributed by atoms with Crippen LogP contribution in [0.2, 0.25) is 5.02 Å². The molecular weight excluding hydrogens is 481 g/mol. The van der Waals surface area contributed by atoms with Crippen LogP contribution in [0.3, 0.4) is 0 Å². The van der Waals surface area contributed by atoms with Crippen LogP contribution < -0.4 is 14.5 Å². The van der Waals surface area contributed by atoms with Gasteiger partial charge < -0.3 is 14.5 Å². The van der Waals surface area contributed by atoms with Crippen LogP contribution in [0.4, 0.5) is 30.2 Å². The summed E-state index contributed by atoms with van der Waals surface area (Å²) in [7, 11) is 0. The standard InChI is InChI=1S/C21H18ClF3N4O5/c22-14-2-4-18-17(10-14)28(20(31)12-34-18)11-19(30)27-7-5-26(6-8-27)15-3-1-13(21(23,24)25)9-16(15)29(32)33/h1-4,9-10H,5-8,11-12H2. The van der Waals surface area contributed by atoms with Crippen molar-refractivity contribution in [1.29, 1.82) is 0 Å². The van der Waals surface area contributed by atoms with E-state index in [1.807, 2.05) is 0 Å². The molecule has 34 heavy (non-hydrogen) atoms. The topological polar surface area (TPSA) is 96.2 Å². The Hall–Kier alpha value is -3.54. The van der Waals surface area contributed by atoms with Crippen molar-refractivity contribution in [3.05, 3.63) is 57.1 Å². The van der Waals surface area contributed by atoms with Crippen LogP contribution in [-0.2, 0) is 15.8 Å². The minimum atomic E-state index is -4.70. The van der Waals surface area contributed by atoms with E-state index in [2.05, 4.69) is 0 Å². The van der Waals surface area contributed by atoms with Gasteiger partial charge in [0.25, 0.3) is 11.6 Å². The summed E-state index contributed by atoms with van der Waals surface area (Å²) in [6.07, 6.45) is -4.70. The summed E-state index contributed by atoms with van der Waals surface area (Å²) in [5.41, 5.74) is -1.32. The lowest BCUT2D eigenvalue weighted by molar-refractivity contribution is -0.384. The third-order valence-corrected chi connectivity index (χ3v) is 5.86. The van der Waals surface area contributed by atoms with Gasteiger partial charge in [0.15, 0.2) is 6.61 Å². The number of hydrogen-bond acceptors (Lipinski definition) is 6. The van der Waals surface area contributed by atoms with Crippen molar-refractivity contribution >= 4 is 40.5 Å². The Morgan fingerprint density at radius 2 is 1.79 bits per heavy atom. The molecule has 0 bridgehead atoms. The Morgan fingerprint density at radius 3 is 2.44 bits per heavy atom. The van der Waals surface area contributed by atoms with Crippen LogP contribution >= 0.6 is 11.6 Å². The number of rotatable bonds is 4. The number of nitrogens with zero attached hydrogens (tertiary/aromatic N) is 4. The van der Waals surface area contributed by atoms with Gasteiger partial charge in [0, 0.05) is 37.3 Å². The second-order valence-electron chi connectivity index (χ2n) is 7.71. The molecule has 2 heterocycles. The molecule has 4 rings (SSSR count). The summed E-state index contributed by atoms with van der Waals surface area (Å²) >= 11 is 6.01. The summed E-state index contributed by atoms with van der Waals surface area (Å²) < 4.78 is 44.2. The molecule has 0 spiro atoms. The molecule has 0 aliphatic carbocycles. The maximum atomic E-state index is 13.0. The van der Waals surface area contributed by atoms with Gasteiger partial charge in [0.05, 0.1) is 16.2 Å². The van der Waals surface area contributed by atoms with Gasteiger partial charge in [-0.25, -0.2) is 0 Å². The summed E-state index contributed by atoms with van der Waals surface area (Å²) in [6, 6.07) is 7.13. The minimum Gasteiger partial charge on any atom is -0.482 e. The number of anilines is 2. The van der Waals surface area contributed by atoms with E-state index < -0.39 is 28.3 Å². The van der Waals surface area contributed by atoms with Gasteiger partial charge >= 0.3 is 6.18 Å². The predicted octanol–water partition coefficient (Wildman–Crippen LogP) is 3.34. The number of nitro groups is 1. The lowest BCUT2D eigenvalue weighted by Crippen LogP contribution is -2.53. The number of ether oxygens (including phenoxy) is 1. The molecule has 0 aromatic heterocycles. The number of hydrogen-bond donors (Lipinski definition) is 0. The van der Waals surface area contributed by atoms with Crippen LogP contribution in [0.1, 0.15) is 5.56 Å². The fraction of sp³-hybridized carbons (Fsp3) is 0.333. The molecule has 180 valence electrons. The van der Waals surface area contributed by atoms with Crippen molar-refractivity contribution in [2.24, 2.45) is 0 Å². The van der Waals surface area contributed by atoms with Crippen LogP contribution in [0.25, 0.3) is 0 Å². The largest absolute Gasteiger partial charge is 0.482 e. The van der Waals surface area contributed by atoms with E-state index in [4.69, 9.17) is 16.3 Å². The first kappa shape index (κ1) is 23.6. The van der Waals surface area contributed by atoms with Gasteiger partial charge in [0.1, 0.15) is 18.0 Å². The van der Waals surface area contributed by atoms with Crippen molar-refractivity contribution < 1.29 is 32.4 Å². The highest BCUT2D eigenvalue weighted by atomic mass is 35.5. The van der Waals surface area contributed by atoms with Gasteiger partial charge in [0.2, 0.25) is 5.91 Å². The predicted molar refractivity (Wildman–Crippen MR) is 116 cm³/mol. The van der Waals surface area contributed by atoms with E-state index in [1.165, 1.54) is 15.9 Å². The number of nitro benzene ring substituents is 1. The van der Waals surface area contributed by atoms with Gasteiger partial charge in [-0.2, -0.15) is 13.2 Å². The molecule has 9 nitrogen and oxygen atoms in total. The summed E-state index contributed by atoms with van der Waals surface area (Å²) in [5.74, 6) is -0.318. The van der Waals surface area contributed by atoms with E-state index >= 15 is 0 Å². The molecule has 0 radical (unpaired) electrons. The van der Waals surface area contributed by atoms with E-state index in [0.29, 0.717) is 22.5 Å². The van der Waals surface area contributed by atoms with Crippen LogP contribution in [-0.4, -0.2) is 61.0 Å². The van der Waals surface area contributed by atoms with Crippen LogP contribution in [0, 0.1) is 10.1 Å². The number of carbonyl (C=O) groups is 2. The maximum absolute atomic E-state index is 13.0. The number of halogens is 4. The van der Waals surface area contributed by atoms with Gasteiger partial charge in [-0.1, -0.05) is 11.6 Å². The molecule has 2 amide bonds. The monoisotopic (exact) mass is 498 g/mol. The zero-order valence-electron chi connectivity index (χ0n) is 17.5. The highest BCUT2D eigenvalue weighted by Gasteiger charge is 2.35. The van der Waals surface area contributed by atoms with Crippen LogP contribution in [0.15, 0.2) is 36.4 Å². The molecule has 0 N–H and O–H groups in total. The Kier molecular flexibility index (Phi) is 6.26. The lowest BCUT2D eigenvalue weighted by Gasteiger charge is -2.37. The van der Waals surface area contributed by atoms with Gasteiger partial charge in [-0.15, -0.1) is 0 Å². The van der Waals surface area contributed by atoms with Gasteiger partial charge in [-0.3, -0.25) is 24.6 Å². The molecule has 2 aliphatic heterocycles. The van der Waals surface area contributed by atoms with Crippen molar-refractivity contribution in [2.45, 2.75) is 6.18 Å². The SMILES string of the molecule is O=C(CN1C(=O)COc2ccc(Cl)cc21)N1CCN(c2ccc(C(F)(F)F)cc2[N+](=O)[O-])CC1. The fourth-order valence-electron chi connectivity index (χ4n) is 3.89. The average molecular weight is 499 g/mol. The molecule has 0 atom stereocenters. The summed E-state index contributed by atoms with van der Waals surface area (Å²) in [5, 5.41) is 11.8. The molecule has 0 unspecified atom stereocenters. The Balaban J connectivity index is 1.45. The van der Waals surface area contributed by atoms with Gasteiger partial charge in [-0.05, 0) is 30.3 Å². The van der Waals surface area contributed by atoms with E-state index in [0.717, 1.165) is 12.1 Å². The van der Waals surface area contributed by atoms with Crippen molar-refractivity contribution in [3.63, 3.8) is 0 Å². The Bertz CT molecular complexity index is 1150. The molecule has 0 saturated carbocycles. The second-order valence-corrected chi connectivity index (χ2v) is 8.14. The Morgan fingerprint density at radius 1 is 1.09 bits per heavy atom. The molecule has 1 fully saturated rings. The number of carbonyl (C=O) groups excluding carboxylic acids is 2. The molecule has 1 saturated heterocycles. The van der Waals surface area contributed by atoms with Crippen molar-refractivity contribution in [2.75, 3.05) is 49.1 Å². The lowest BCUT2D eigenvalue weighted by atomic mass is 10.1. The minimum absolute atomic E-state index is 0.0528.